The molecule has 2 heterocycles. The van der Waals surface area contributed by atoms with Crippen molar-refractivity contribution in [1.82, 2.24) is 4.57 Å². The molecule has 0 radical (unpaired) electrons. The maximum atomic E-state index is 14.2. The number of benzene rings is 3. The number of fused-ring (bicyclic) bond motifs is 1. The highest BCUT2D eigenvalue weighted by Gasteiger charge is 2.62. The first kappa shape index (κ1) is 24.4. The van der Waals surface area contributed by atoms with Crippen LogP contribution in [-0.4, -0.2) is 22.4 Å². The van der Waals surface area contributed by atoms with E-state index in [0.29, 0.717) is 11.1 Å². The third-order valence-electron chi connectivity index (χ3n) is 6.32. The van der Waals surface area contributed by atoms with Gasteiger partial charge in [-0.05, 0) is 67.9 Å². The Hall–Kier alpha value is -3.29. The fourth-order valence-electron chi connectivity index (χ4n) is 4.52. The summed E-state index contributed by atoms with van der Waals surface area (Å²) < 4.78 is 44.3. The zero-order valence-corrected chi connectivity index (χ0v) is 20.7. The minimum absolute atomic E-state index is 0.0593. The van der Waals surface area contributed by atoms with Gasteiger partial charge in [-0.1, -0.05) is 52.1 Å². The van der Waals surface area contributed by atoms with Crippen LogP contribution in [0.5, 0.6) is 0 Å². The molecule has 0 saturated carbocycles. The maximum Gasteiger partial charge on any atom is 0.435 e. The van der Waals surface area contributed by atoms with Crippen LogP contribution in [-0.2, 0) is 10.4 Å². The summed E-state index contributed by atoms with van der Waals surface area (Å²) in [4.78, 5) is 18.3. The molecule has 1 aliphatic rings. The summed E-state index contributed by atoms with van der Waals surface area (Å²) in [6.45, 7) is 3.83. The molecule has 4 nitrogen and oxygen atoms in total. The Morgan fingerprint density at radius 1 is 0.972 bits per heavy atom. The van der Waals surface area contributed by atoms with Gasteiger partial charge in [0.15, 0.2) is 0 Å². The Labute approximate surface area is 214 Å². The minimum Gasteiger partial charge on any atom is -0.374 e. The molecular formula is C27H19Cl2F3N2O2. The number of aryl methyl sites for hydroxylation is 2. The Balaban J connectivity index is 1.45. The lowest BCUT2D eigenvalue weighted by atomic mass is 9.86. The molecule has 9 heteroatoms. The zero-order valence-electron chi connectivity index (χ0n) is 19.2. The normalized spacial score (nSPS) is 17.8. The molecule has 0 aliphatic carbocycles. The smallest absolute Gasteiger partial charge is 0.374 e. The summed E-state index contributed by atoms with van der Waals surface area (Å²) in [5.41, 5.74) is 0.614. The van der Waals surface area contributed by atoms with Gasteiger partial charge >= 0.3 is 6.18 Å². The average Bonchev–Trinajstić information content (AvgIpc) is 3.40. The van der Waals surface area contributed by atoms with E-state index in [1.165, 1.54) is 18.2 Å². The van der Waals surface area contributed by atoms with E-state index in [1.54, 1.807) is 28.8 Å². The molecule has 4 aromatic rings. The molecule has 1 atom stereocenters. The van der Waals surface area contributed by atoms with E-state index in [9.17, 15) is 18.0 Å². The highest BCUT2D eigenvalue weighted by atomic mass is 35.5. The lowest BCUT2D eigenvalue weighted by Crippen LogP contribution is -2.42. The molecule has 36 heavy (non-hydrogen) atoms. The van der Waals surface area contributed by atoms with Gasteiger partial charge in [0.05, 0.1) is 11.2 Å². The maximum absolute atomic E-state index is 14.2. The third kappa shape index (κ3) is 4.06. The summed E-state index contributed by atoms with van der Waals surface area (Å²) in [5, 5.41) is 4.85. The van der Waals surface area contributed by atoms with Gasteiger partial charge in [-0.2, -0.15) is 13.2 Å². The third-order valence-corrected chi connectivity index (χ3v) is 6.76. The fraction of sp³-hybridized carbons (Fsp3) is 0.185. The van der Waals surface area contributed by atoms with E-state index in [4.69, 9.17) is 28.0 Å². The average molecular weight is 531 g/mol. The van der Waals surface area contributed by atoms with Gasteiger partial charge in [0, 0.05) is 38.7 Å². The van der Waals surface area contributed by atoms with Gasteiger partial charge in [-0.25, -0.2) is 0 Å². The molecular weight excluding hydrogens is 512 g/mol. The monoisotopic (exact) mass is 530 g/mol. The molecule has 184 valence electrons. The second-order valence-electron chi connectivity index (χ2n) is 8.85. The van der Waals surface area contributed by atoms with E-state index in [2.05, 4.69) is 5.16 Å². The fourth-order valence-corrected chi connectivity index (χ4v) is 5.05. The summed E-state index contributed by atoms with van der Waals surface area (Å²) >= 11 is 11.9. The summed E-state index contributed by atoms with van der Waals surface area (Å²) in [7, 11) is 0. The van der Waals surface area contributed by atoms with Gasteiger partial charge in [0.1, 0.15) is 0 Å². The second-order valence-corrected chi connectivity index (χ2v) is 9.73. The predicted molar refractivity (Wildman–Crippen MR) is 134 cm³/mol. The van der Waals surface area contributed by atoms with Crippen LogP contribution >= 0.6 is 23.2 Å². The Morgan fingerprint density at radius 3 is 2.28 bits per heavy atom. The summed E-state index contributed by atoms with van der Waals surface area (Å²) in [6.07, 6.45) is -5.35. The number of nitrogens with zero attached hydrogens (tertiary/aromatic N) is 2. The first-order valence-electron chi connectivity index (χ1n) is 11.0. The number of rotatable bonds is 3. The molecule has 0 saturated heterocycles. The number of carbonyl (C=O) groups is 1. The van der Waals surface area contributed by atoms with Crippen molar-refractivity contribution in [2.24, 2.45) is 5.16 Å². The predicted octanol–water partition coefficient (Wildman–Crippen LogP) is 7.84. The Kier molecular flexibility index (Phi) is 5.88. The van der Waals surface area contributed by atoms with E-state index in [1.807, 2.05) is 38.1 Å². The lowest BCUT2D eigenvalue weighted by molar-refractivity contribution is -0.275. The van der Waals surface area contributed by atoms with Crippen molar-refractivity contribution < 1.29 is 22.8 Å². The van der Waals surface area contributed by atoms with Crippen molar-refractivity contribution in [1.29, 1.82) is 0 Å². The number of alkyl halides is 3. The van der Waals surface area contributed by atoms with Crippen molar-refractivity contribution in [3.63, 3.8) is 0 Å². The van der Waals surface area contributed by atoms with Gasteiger partial charge in [0.2, 0.25) is 0 Å². The van der Waals surface area contributed by atoms with Crippen molar-refractivity contribution in [3.8, 4) is 0 Å². The van der Waals surface area contributed by atoms with E-state index >= 15 is 0 Å². The van der Waals surface area contributed by atoms with Gasteiger partial charge < -0.3 is 4.84 Å². The Bertz CT molecular complexity index is 1520. The lowest BCUT2D eigenvalue weighted by Gasteiger charge is -2.29. The quantitative estimate of drug-likeness (QED) is 0.270. The number of carbonyl (C=O) groups excluding carboxylic acids is 1. The Morgan fingerprint density at radius 2 is 1.64 bits per heavy atom. The number of aromatic nitrogens is 1. The van der Waals surface area contributed by atoms with E-state index in [0.717, 1.165) is 22.2 Å². The molecule has 0 bridgehead atoms. The largest absolute Gasteiger partial charge is 0.435 e. The van der Waals surface area contributed by atoms with Gasteiger partial charge in [0.25, 0.3) is 11.5 Å². The molecule has 0 amide bonds. The molecule has 0 N–H and O–H groups in total. The number of hydrogen-bond acceptors (Lipinski definition) is 3. The molecule has 1 aliphatic heterocycles. The molecule has 5 rings (SSSR count). The molecule has 0 fully saturated rings. The van der Waals surface area contributed by atoms with Crippen molar-refractivity contribution >= 4 is 45.7 Å². The standard InChI is InChI=1S/C27H19Cl2F3N2O2/c1-15-3-8-24-19(9-15)10-16(2)34(24)25(35)18-6-4-17(5-7-18)23-14-26(36-33-23,27(30,31)32)20-11-21(28)13-22(29)12-20/h3-13H,14H2,1-2H3. The van der Waals surface area contributed by atoms with Crippen LogP contribution in [0.4, 0.5) is 13.2 Å². The summed E-state index contributed by atoms with van der Waals surface area (Å²) in [5.74, 6) is -0.235. The van der Waals surface area contributed by atoms with Crippen molar-refractivity contribution in [2.75, 3.05) is 0 Å². The van der Waals surface area contributed by atoms with Crippen LogP contribution in [0.25, 0.3) is 10.9 Å². The molecule has 1 unspecified atom stereocenters. The first-order valence-corrected chi connectivity index (χ1v) is 11.8. The molecule has 0 spiro atoms. The van der Waals surface area contributed by atoms with Gasteiger partial charge in [-0.15, -0.1) is 0 Å². The SMILES string of the molecule is Cc1ccc2c(c1)cc(C)n2C(=O)c1ccc(C2=NOC(c3cc(Cl)cc(Cl)c3)(C(F)(F)F)C2)cc1. The summed E-state index contributed by atoms with van der Waals surface area (Å²) in [6, 6.07) is 17.8. The number of hydrogen-bond donors (Lipinski definition) is 0. The number of halogens is 5. The zero-order chi connectivity index (χ0) is 25.8. The molecule has 1 aromatic heterocycles. The second kappa shape index (κ2) is 8.68. The van der Waals surface area contributed by atoms with Crippen LogP contribution in [0.15, 0.2) is 71.9 Å². The van der Waals surface area contributed by atoms with E-state index in [-0.39, 0.29) is 27.2 Å². The highest BCUT2D eigenvalue weighted by Crippen LogP contribution is 2.49. The van der Waals surface area contributed by atoms with E-state index < -0.39 is 18.2 Å². The highest BCUT2D eigenvalue weighted by molar-refractivity contribution is 6.34. The van der Waals surface area contributed by atoms with Crippen molar-refractivity contribution in [3.05, 3.63) is 105 Å². The minimum atomic E-state index is -4.78. The van der Waals surface area contributed by atoms with Crippen LogP contribution in [0.2, 0.25) is 10.0 Å². The van der Waals surface area contributed by atoms with Crippen LogP contribution in [0.1, 0.15) is 39.2 Å². The van der Waals surface area contributed by atoms with Crippen molar-refractivity contribution in [2.45, 2.75) is 32.0 Å². The number of oxime groups is 1. The molecule has 3 aromatic carbocycles. The van der Waals surface area contributed by atoms with Crippen LogP contribution in [0, 0.1) is 13.8 Å². The first-order chi connectivity index (χ1) is 17.0. The van der Waals surface area contributed by atoms with Crippen LogP contribution in [0.3, 0.4) is 0 Å². The topological polar surface area (TPSA) is 43.6 Å². The van der Waals surface area contributed by atoms with Crippen LogP contribution < -0.4 is 0 Å². The van der Waals surface area contributed by atoms with Gasteiger partial charge in [-0.3, -0.25) is 9.36 Å².